The van der Waals surface area contributed by atoms with Crippen LogP contribution in [0.3, 0.4) is 0 Å². The van der Waals surface area contributed by atoms with Crippen LogP contribution in [-0.2, 0) is 6.18 Å². The second-order valence-electron chi connectivity index (χ2n) is 3.62. The van der Waals surface area contributed by atoms with Gasteiger partial charge in [-0.2, -0.15) is 18.2 Å². The number of aromatic nitrogens is 2. The summed E-state index contributed by atoms with van der Waals surface area (Å²) in [6.45, 7) is 0. The van der Waals surface area contributed by atoms with Gasteiger partial charge < -0.3 is 4.74 Å². The average Bonchev–Trinajstić information content (AvgIpc) is 2.41. The van der Waals surface area contributed by atoms with E-state index in [-0.39, 0.29) is 17.6 Å². The normalized spacial score (nSPS) is 11.2. The second-order valence-corrected chi connectivity index (χ2v) is 4.47. The number of hydrogen-bond donors (Lipinski definition) is 2. The van der Waals surface area contributed by atoms with Crippen LogP contribution < -0.4 is 16.0 Å². The molecule has 1 heterocycles. The van der Waals surface area contributed by atoms with E-state index >= 15 is 0 Å². The molecule has 0 saturated carbocycles. The van der Waals surface area contributed by atoms with Crippen molar-refractivity contribution in [3.05, 3.63) is 40.5 Å². The van der Waals surface area contributed by atoms with E-state index in [0.717, 1.165) is 12.1 Å². The third-order valence-electron chi connectivity index (χ3n) is 2.24. The van der Waals surface area contributed by atoms with Crippen LogP contribution in [-0.4, -0.2) is 9.97 Å². The Labute approximate surface area is 120 Å². The third-order valence-corrected chi connectivity index (χ3v) is 2.78. The largest absolute Gasteiger partial charge is 0.438 e. The number of alkyl halides is 3. The Hall–Kier alpha value is -1.87. The molecule has 0 amide bonds. The van der Waals surface area contributed by atoms with Crippen molar-refractivity contribution in [2.45, 2.75) is 6.18 Å². The first-order chi connectivity index (χ1) is 9.40. The van der Waals surface area contributed by atoms with E-state index in [2.05, 4.69) is 31.3 Å². The minimum absolute atomic E-state index is 0.120. The van der Waals surface area contributed by atoms with Crippen molar-refractivity contribution in [3.63, 3.8) is 0 Å². The van der Waals surface area contributed by atoms with E-state index in [1.807, 2.05) is 0 Å². The van der Waals surface area contributed by atoms with Crippen molar-refractivity contribution < 1.29 is 17.9 Å². The Balaban J connectivity index is 2.22. The Bertz CT molecular complexity index is 604. The number of benzene rings is 1. The molecule has 1 aromatic heterocycles. The second kappa shape index (κ2) is 5.63. The highest BCUT2D eigenvalue weighted by Crippen LogP contribution is 2.32. The van der Waals surface area contributed by atoms with Gasteiger partial charge in [-0.15, -0.1) is 0 Å². The molecule has 0 unspecified atom stereocenters. The summed E-state index contributed by atoms with van der Waals surface area (Å²) in [4.78, 5) is 7.74. The third kappa shape index (κ3) is 3.36. The van der Waals surface area contributed by atoms with Gasteiger partial charge in [0.15, 0.2) is 0 Å². The lowest BCUT2D eigenvalue weighted by atomic mass is 10.2. The Morgan fingerprint density at radius 3 is 2.40 bits per heavy atom. The predicted molar refractivity (Wildman–Crippen MR) is 69.1 cm³/mol. The molecule has 0 atom stereocenters. The van der Waals surface area contributed by atoms with Gasteiger partial charge in [0.1, 0.15) is 5.75 Å². The van der Waals surface area contributed by atoms with Crippen molar-refractivity contribution >= 4 is 21.9 Å². The molecule has 0 radical (unpaired) electrons. The predicted octanol–water partition coefficient (Wildman–Crippen LogP) is 3.34. The first-order valence-corrected chi connectivity index (χ1v) is 6.03. The van der Waals surface area contributed by atoms with Crippen LogP contribution in [0.4, 0.5) is 19.1 Å². The van der Waals surface area contributed by atoms with E-state index in [9.17, 15) is 13.2 Å². The lowest BCUT2D eigenvalue weighted by molar-refractivity contribution is -0.137. The van der Waals surface area contributed by atoms with Crippen LogP contribution in [0.15, 0.2) is 34.9 Å². The maximum absolute atomic E-state index is 12.4. The summed E-state index contributed by atoms with van der Waals surface area (Å²) in [5.74, 6) is 5.62. The number of anilines is 1. The number of ether oxygens (including phenoxy) is 1. The van der Waals surface area contributed by atoms with Crippen LogP contribution in [0.2, 0.25) is 0 Å². The number of rotatable bonds is 3. The van der Waals surface area contributed by atoms with Crippen molar-refractivity contribution in [2.75, 3.05) is 5.43 Å². The number of nitrogens with zero attached hydrogens (tertiary/aromatic N) is 2. The molecular weight excluding hydrogens is 341 g/mol. The summed E-state index contributed by atoms with van der Waals surface area (Å²) >= 11 is 3.16. The monoisotopic (exact) mass is 348 g/mol. The molecule has 5 nitrogen and oxygen atoms in total. The highest BCUT2D eigenvalue weighted by Gasteiger charge is 2.30. The molecule has 1 aromatic carbocycles. The summed E-state index contributed by atoms with van der Waals surface area (Å²) in [5, 5.41) is 0. The van der Waals surface area contributed by atoms with Crippen LogP contribution in [0.1, 0.15) is 5.56 Å². The molecule has 20 heavy (non-hydrogen) atoms. The van der Waals surface area contributed by atoms with Gasteiger partial charge in [0.25, 0.3) is 0 Å². The summed E-state index contributed by atoms with van der Waals surface area (Å²) in [6, 6.07) is 4.25. The maximum Gasteiger partial charge on any atom is 0.416 e. The molecule has 9 heteroatoms. The van der Waals surface area contributed by atoms with Gasteiger partial charge in [0.05, 0.1) is 16.2 Å². The van der Waals surface area contributed by atoms with Crippen LogP contribution in [0.5, 0.6) is 11.6 Å². The van der Waals surface area contributed by atoms with Crippen LogP contribution in [0.25, 0.3) is 0 Å². The highest BCUT2D eigenvalue weighted by atomic mass is 79.9. The quantitative estimate of drug-likeness (QED) is 0.657. The number of nitrogen functional groups attached to an aromatic ring is 1. The van der Waals surface area contributed by atoms with E-state index in [4.69, 9.17) is 10.6 Å². The molecule has 0 spiro atoms. The zero-order chi connectivity index (χ0) is 14.8. The molecule has 3 N–H and O–H groups in total. The average molecular weight is 349 g/mol. The van der Waals surface area contributed by atoms with E-state index < -0.39 is 11.7 Å². The van der Waals surface area contributed by atoms with Gasteiger partial charge in [-0.3, -0.25) is 5.43 Å². The molecule has 0 bridgehead atoms. The molecule has 0 saturated heterocycles. The van der Waals surface area contributed by atoms with Crippen molar-refractivity contribution in [2.24, 2.45) is 5.84 Å². The van der Waals surface area contributed by atoms with Crippen LogP contribution >= 0.6 is 15.9 Å². The van der Waals surface area contributed by atoms with Crippen molar-refractivity contribution in [3.8, 4) is 11.6 Å². The summed E-state index contributed by atoms with van der Waals surface area (Å²) < 4.78 is 43.1. The molecule has 106 valence electrons. The van der Waals surface area contributed by atoms with E-state index in [0.29, 0.717) is 4.47 Å². The van der Waals surface area contributed by atoms with Gasteiger partial charge in [0, 0.05) is 0 Å². The van der Waals surface area contributed by atoms with Crippen molar-refractivity contribution in [1.82, 2.24) is 9.97 Å². The number of hydrogen-bond acceptors (Lipinski definition) is 5. The first-order valence-electron chi connectivity index (χ1n) is 5.24. The molecule has 2 rings (SSSR count). The van der Waals surface area contributed by atoms with Gasteiger partial charge in [0.2, 0.25) is 11.8 Å². The fourth-order valence-corrected chi connectivity index (χ4v) is 1.59. The lowest BCUT2D eigenvalue weighted by Gasteiger charge is -2.09. The zero-order valence-corrected chi connectivity index (χ0v) is 11.4. The van der Waals surface area contributed by atoms with Gasteiger partial charge in [-0.05, 0) is 40.2 Å². The van der Waals surface area contributed by atoms with Gasteiger partial charge in [-0.25, -0.2) is 10.8 Å². The Kier molecular flexibility index (Phi) is 4.09. The minimum Gasteiger partial charge on any atom is -0.438 e. The first kappa shape index (κ1) is 14.5. The molecular formula is C11H8BrF3N4O. The zero-order valence-electron chi connectivity index (χ0n) is 9.78. The number of nitrogens with two attached hydrogens (primary N) is 1. The van der Waals surface area contributed by atoms with Crippen LogP contribution in [0, 0.1) is 0 Å². The molecule has 0 aliphatic carbocycles. The Morgan fingerprint density at radius 1 is 1.20 bits per heavy atom. The van der Waals surface area contributed by atoms with Crippen molar-refractivity contribution in [1.29, 1.82) is 0 Å². The number of hydrazine groups is 1. The standard InChI is InChI=1S/C11H8BrF3N4O/c12-8-5-17-10(19-16)18-9(8)20-7-3-1-6(2-4-7)11(13,14)15/h1-5H,16H2,(H,17,18,19). The molecule has 0 fully saturated rings. The van der Waals surface area contributed by atoms with Gasteiger partial charge in [-0.1, -0.05) is 0 Å². The topological polar surface area (TPSA) is 73.1 Å². The smallest absolute Gasteiger partial charge is 0.416 e. The number of halogens is 4. The summed E-state index contributed by atoms with van der Waals surface area (Å²) in [5.41, 5.74) is 1.48. The molecule has 0 aliphatic heterocycles. The Morgan fingerprint density at radius 2 is 1.85 bits per heavy atom. The maximum atomic E-state index is 12.4. The summed E-state index contributed by atoms with van der Waals surface area (Å²) in [6.07, 6.45) is -2.98. The SMILES string of the molecule is NNc1ncc(Br)c(Oc2ccc(C(F)(F)F)cc2)n1. The van der Waals surface area contributed by atoms with E-state index in [1.165, 1.54) is 18.3 Å². The molecule has 0 aliphatic rings. The summed E-state index contributed by atoms with van der Waals surface area (Å²) in [7, 11) is 0. The molecule has 2 aromatic rings. The number of nitrogens with one attached hydrogen (secondary N) is 1. The fraction of sp³-hybridized carbons (Fsp3) is 0.0909. The van der Waals surface area contributed by atoms with Gasteiger partial charge >= 0.3 is 6.18 Å². The van der Waals surface area contributed by atoms with E-state index in [1.54, 1.807) is 0 Å². The fourth-order valence-electron chi connectivity index (χ4n) is 1.32. The lowest BCUT2D eigenvalue weighted by Crippen LogP contribution is -2.10. The minimum atomic E-state index is -4.38. The highest BCUT2D eigenvalue weighted by molar-refractivity contribution is 9.10.